The molecule has 0 aliphatic heterocycles. The van der Waals surface area contributed by atoms with E-state index in [9.17, 15) is 15.2 Å². The van der Waals surface area contributed by atoms with Gasteiger partial charge >= 0.3 is 0 Å². The number of hydrogen-bond acceptors (Lipinski definition) is 5. The van der Waals surface area contributed by atoms with Crippen LogP contribution in [0.5, 0.6) is 5.75 Å². The average molecular weight is 268 g/mol. The minimum Gasteiger partial charge on any atom is -0.508 e. The zero-order valence-electron chi connectivity index (χ0n) is 9.58. The number of phenolic OH excluding ortho intramolecular Hbond substituents is 1. The van der Waals surface area contributed by atoms with Crippen molar-refractivity contribution in [2.45, 2.75) is 6.92 Å². The molecule has 0 atom stereocenters. The molecule has 0 aliphatic rings. The predicted octanol–water partition coefficient (Wildman–Crippen LogP) is 1.12. The number of nitro groups is 1. The van der Waals surface area contributed by atoms with Crippen LogP contribution in [0.3, 0.4) is 0 Å². The summed E-state index contributed by atoms with van der Waals surface area (Å²) in [6.45, 7) is 2.52. The fraction of sp³-hybridized carbons (Fsp3) is 0.200. The van der Waals surface area contributed by atoms with E-state index in [-0.39, 0.29) is 17.0 Å². The standard InChI is InChI=1S/C10H12N4O3S/c1-2-11-10(18)13-12-6-7-5-8(15)3-4-9(7)14(16)17/h3-6,15H,2H2,1H3,(H2,11,13,18). The number of nitro benzene ring substituents is 1. The van der Waals surface area contributed by atoms with E-state index >= 15 is 0 Å². The summed E-state index contributed by atoms with van der Waals surface area (Å²) in [6, 6.07) is 3.70. The maximum absolute atomic E-state index is 10.7. The van der Waals surface area contributed by atoms with Crippen molar-refractivity contribution in [3.05, 3.63) is 33.9 Å². The Hall–Kier alpha value is -2.22. The number of benzene rings is 1. The van der Waals surface area contributed by atoms with Gasteiger partial charge in [0.25, 0.3) is 5.69 Å². The summed E-state index contributed by atoms with van der Waals surface area (Å²) in [5.41, 5.74) is 2.54. The molecule has 0 spiro atoms. The first-order valence-corrected chi connectivity index (χ1v) is 5.49. The second-order valence-corrected chi connectivity index (χ2v) is 3.64. The largest absolute Gasteiger partial charge is 0.508 e. The van der Waals surface area contributed by atoms with Gasteiger partial charge in [-0.05, 0) is 31.3 Å². The van der Waals surface area contributed by atoms with Crippen molar-refractivity contribution in [3.8, 4) is 5.75 Å². The lowest BCUT2D eigenvalue weighted by Gasteiger charge is -2.03. The molecule has 0 radical (unpaired) electrons. The molecule has 0 saturated heterocycles. The molecule has 0 aromatic heterocycles. The Bertz CT molecular complexity index is 490. The van der Waals surface area contributed by atoms with Gasteiger partial charge in [-0.2, -0.15) is 5.10 Å². The lowest BCUT2D eigenvalue weighted by atomic mass is 10.2. The van der Waals surface area contributed by atoms with Crippen LogP contribution in [0.1, 0.15) is 12.5 Å². The van der Waals surface area contributed by atoms with Crippen LogP contribution < -0.4 is 10.7 Å². The molecular formula is C10H12N4O3S. The molecular weight excluding hydrogens is 256 g/mol. The van der Waals surface area contributed by atoms with E-state index in [0.29, 0.717) is 11.7 Å². The molecule has 0 unspecified atom stereocenters. The minimum absolute atomic E-state index is 0.0729. The molecule has 3 N–H and O–H groups in total. The first-order chi connectivity index (χ1) is 8.54. The van der Waals surface area contributed by atoms with E-state index in [2.05, 4.69) is 15.8 Å². The fourth-order valence-corrected chi connectivity index (χ4v) is 1.37. The maximum Gasteiger partial charge on any atom is 0.278 e. The van der Waals surface area contributed by atoms with Crippen molar-refractivity contribution in [3.63, 3.8) is 0 Å². The Morgan fingerprint density at radius 2 is 2.39 bits per heavy atom. The summed E-state index contributed by atoms with van der Waals surface area (Å²) in [5.74, 6) is -0.0729. The summed E-state index contributed by atoms with van der Waals surface area (Å²) in [4.78, 5) is 10.2. The summed E-state index contributed by atoms with van der Waals surface area (Å²) in [6.07, 6.45) is 1.22. The summed E-state index contributed by atoms with van der Waals surface area (Å²) < 4.78 is 0. The summed E-state index contributed by atoms with van der Waals surface area (Å²) in [7, 11) is 0. The van der Waals surface area contributed by atoms with Gasteiger partial charge in [-0.15, -0.1) is 0 Å². The molecule has 18 heavy (non-hydrogen) atoms. The van der Waals surface area contributed by atoms with Crippen LogP contribution in [0.25, 0.3) is 0 Å². The summed E-state index contributed by atoms with van der Waals surface area (Å²) in [5, 5.41) is 26.9. The molecule has 1 aromatic carbocycles. The molecule has 0 aliphatic carbocycles. The van der Waals surface area contributed by atoms with Crippen molar-refractivity contribution >= 4 is 29.2 Å². The van der Waals surface area contributed by atoms with Gasteiger partial charge in [-0.3, -0.25) is 15.5 Å². The van der Waals surface area contributed by atoms with Crippen LogP contribution in [0.15, 0.2) is 23.3 Å². The van der Waals surface area contributed by atoms with E-state index in [0.717, 1.165) is 0 Å². The molecule has 8 heteroatoms. The highest BCUT2D eigenvalue weighted by Crippen LogP contribution is 2.21. The van der Waals surface area contributed by atoms with E-state index in [1.165, 1.54) is 24.4 Å². The molecule has 0 amide bonds. The average Bonchev–Trinajstić information content (AvgIpc) is 2.29. The Morgan fingerprint density at radius 3 is 3.00 bits per heavy atom. The van der Waals surface area contributed by atoms with Crippen molar-refractivity contribution in [2.75, 3.05) is 6.54 Å². The van der Waals surface area contributed by atoms with Crippen molar-refractivity contribution < 1.29 is 10.0 Å². The second-order valence-electron chi connectivity index (χ2n) is 3.23. The molecule has 0 bridgehead atoms. The molecule has 96 valence electrons. The zero-order valence-corrected chi connectivity index (χ0v) is 10.4. The monoisotopic (exact) mass is 268 g/mol. The number of hydrazone groups is 1. The first-order valence-electron chi connectivity index (χ1n) is 5.09. The Kier molecular flexibility index (Phi) is 5.00. The number of phenols is 1. The Labute approximate surface area is 109 Å². The van der Waals surface area contributed by atoms with Gasteiger partial charge in [0.05, 0.1) is 16.7 Å². The number of nitrogens with one attached hydrogen (secondary N) is 2. The highest BCUT2D eigenvalue weighted by atomic mass is 32.1. The second kappa shape index (κ2) is 6.50. The zero-order chi connectivity index (χ0) is 13.5. The molecule has 1 rings (SSSR count). The van der Waals surface area contributed by atoms with Crippen LogP contribution >= 0.6 is 12.2 Å². The van der Waals surface area contributed by atoms with Crippen LogP contribution in [0.2, 0.25) is 0 Å². The van der Waals surface area contributed by atoms with Crippen molar-refractivity contribution in [2.24, 2.45) is 5.10 Å². The number of hydrogen-bond donors (Lipinski definition) is 3. The van der Waals surface area contributed by atoms with Gasteiger partial charge in [0.1, 0.15) is 5.75 Å². The quantitative estimate of drug-likeness (QED) is 0.327. The van der Waals surface area contributed by atoms with Crippen LogP contribution in [0, 0.1) is 10.1 Å². The fourth-order valence-electron chi connectivity index (χ4n) is 1.17. The number of aromatic hydroxyl groups is 1. The van der Waals surface area contributed by atoms with Gasteiger partial charge in [-0.25, -0.2) is 0 Å². The smallest absolute Gasteiger partial charge is 0.278 e. The van der Waals surface area contributed by atoms with Crippen LogP contribution in [0.4, 0.5) is 5.69 Å². The molecule has 7 nitrogen and oxygen atoms in total. The third kappa shape index (κ3) is 3.98. The molecule has 0 fully saturated rings. The lowest BCUT2D eigenvalue weighted by molar-refractivity contribution is -0.385. The number of nitrogens with zero attached hydrogens (tertiary/aromatic N) is 2. The number of thiocarbonyl (C=S) groups is 1. The normalized spacial score (nSPS) is 10.3. The van der Waals surface area contributed by atoms with Gasteiger partial charge in [0, 0.05) is 12.6 Å². The first kappa shape index (κ1) is 13.8. The molecule has 0 heterocycles. The summed E-state index contributed by atoms with van der Waals surface area (Å²) >= 11 is 4.86. The van der Waals surface area contributed by atoms with Gasteiger partial charge in [0.2, 0.25) is 0 Å². The van der Waals surface area contributed by atoms with Crippen LogP contribution in [-0.2, 0) is 0 Å². The molecule has 0 saturated carbocycles. The van der Waals surface area contributed by atoms with Crippen LogP contribution in [-0.4, -0.2) is 27.9 Å². The lowest BCUT2D eigenvalue weighted by Crippen LogP contribution is -2.31. The van der Waals surface area contributed by atoms with E-state index < -0.39 is 4.92 Å². The SMILES string of the molecule is CCNC(=S)NN=Cc1cc(O)ccc1[N+](=O)[O-]. The van der Waals surface area contributed by atoms with E-state index in [1.807, 2.05) is 6.92 Å². The van der Waals surface area contributed by atoms with E-state index in [1.54, 1.807) is 0 Å². The van der Waals surface area contributed by atoms with Gasteiger partial charge in [-0.1, -0.05) is 0 Å². The Morgan fingerprint density at radius 1 is 1.67 bits per heavy atom. The topological polar surface area (TPSA) is 99.8 Å². The molecule has 1 aromatic rings. The Balaban J connectivity index is 2.82. The number of rotatable bonds is 4. The van der Waals surface area contributed by atoms with E-state index in [4.69, 9.17) is 12.2 Å². The van der Waals surface area contributed by atoms with Crippen molar-refractivity contribution in [1.82, 2.24) is 10.7 Å². The maximum atomic E-state index is 10.7. The predicted molar refractivity (Wildman–Crippen MR) is 71.8 cm³/mol. The third-order valence-electron chi connectivity index (χ3n) is 1.91. The van der Waals surface area contributed by atoms with Gasteiger partial charge in [0.15, 0.2) is 5.11 Å². The highest BCUT2D eigenvalue weighted by Gasteiger charge is 2.12. The van der Waals surface area contributed by atoms with Crippen molar-refractivity contribution in [1.29, 1.82) is 0 Å². The minimum atomic E-state index is -0.552. The van der Waals surface area contributed by atoms with Gasteiger partial charge < -0.3 is 10.4 Å². The third-order valence-corrected chi connectivity index (χ3v) is 2.15. The highest BCUT2D eigenvalue weighted by molar-refractivity contribution is 7.80.